The second-order valence-corrected chi connectivity index (χ2v) is 6.30. The van der Waals surface area contributed by atoms with Crippen molar-refractivity contribution in [2.45, 2.75) is 44.8 Å². The number of likely N-dealkylation sites (N-methyl/N-ethyl adjacent to an activating group) is 1. The van der Waals surface area contributed by atoms with E-state index in [1.807, 2.05) is 30.3 Å². The fourth-order valence-corrected chi connectivity index (χ4v) is 2.79. The Balaban J connectivity index is 1.79. The van der Waals surface area contributed by atoms with Gasteiger partial charge in [0.15, 0.2) is 0 Å². The Morgan fingerprint density at radius 1 is 1.33 bits per heavy atom. The molecule has 4 heteroatoms. The number of ether oxygens (including phenoxy) is 1. The molecule has 4 nitrogen and oxygen atoms in total. The maximum absolute atomic E-state index is 12.0. The van der Waals surface area contributed by atoms with Crippen molar-refractivity contribution >= 4 is 6.09 Å². The van der Waals surface area contributed by atoms with Gasteiger partial charge in [0.05, 0.1) is 12.1 Å². The van der Waals surface area contributed by atoms with Crippen molar-refractivity contribution in [3.63, 3.8) is 0 Å². The number of benzene rings is 1. The Hall–Kier alpha value is -1.55. The predicted octanol–water partition coefficient (Wildman–Crippen LogP) is 3.20. The summed E-state index contributed by atoms with van der Waals surface area (Å²) in [6.07, 6.45) is 3.16. The van der Waals surface area contributed by atoms with Crippen LogP contribution in [0.4, 0.5) is 4.79 Å². The van der Waals surface area contributed by atoms with Gasteiger partial charge in [0, 0.05) is 7.05 Å². The van der Waals surface area contributed by atoms with E-state index in [4.69, 9.17) is 4.74 Å². The topological polar surface area (TPSA) is 49.8 Å². The molecule has 21 heavy (non-hydrogen) atoms. The first-order chi connectivity index (χ1) is 9.98. The van der Waals surface area contributed by atoms with Crippen LogP contribution in [-0.2, 0) is 11.3 Å². The predicted molar refractivity (Wildman–Crippen MR) is 81.8 cm³/mol. The van der Waals surface area contributed by atoms with Crippen molar-refractivity contribution in [3.8, 4) is 0 Å². The Labute approximate surface area is 126 Å². The molecule has 1 fully saturated rings. The standard InChI is InChI=1S/C17H25NO3/c1-14-8-10-17(20,11-9-14)13-18(2)16(19)21-12-15-6-4-3-5-7-15/h3-7,14,20H,8-13H2,1-2H3. The van der Waals surface area contributed by atoms with Crippen LogP contribution < -0.4 is 0 Å². The number of rotatable bonds is 4. The quantitative estimate of drug-likeness (QED) is 0.926. The molecule has 0 atom stereocenters. The van der Waals surface area contributed by atoms with Crippen LogP contribution in [0.25, 0.3) is 0 Å². The second-order valence-electron chi connectivity index (χ2n) is 6.30. The fourth-order valence-electron chi connectivity index (χ4n) is 2.79. The molecule has 1 amide bonds. The van der Waals surface area contributed by atoms with Gasteiger partial charge in [-0.2, -0.15) is 0 Å². The zero-order valence-corrected chi connectivity index (χ0v) is 12.9. The van der Waals surface area contributed by atoms with Gasteiger partial charge in [0.25, 0.3) is 0 Å². The fraction of sp³-hybridized carbons (Fsp3) is 0.588. The third-order valence-corrected chi connectivity index (χ3v) is 4.25. The van der Waals surface area contributed by atoms with E-state index < -0.39 is 5.60 Å². The maximum Gasteiger partial charge on any atom is 0.409 e. The molecular weight excluding hydrogens is 266 g/mol. The van der Waals surface area contributed by atoms with E-state index in [2.05, 4.69) is 6.92 Å². The van der Waals surface area contributed by atoms with Gasteiger partial charge in [-0.15, -0.1) is 0 Å². The van der Waals surface area contributed by atoms with Crippen molar-refractivity contribution in [3.05, 3.63) is 35.9 Å². The molecule has 116 valence electrons. The molecule has 2 rings (SSSR count). The molecule has 1 aliphatic carbocycles. The second kappa shape index (κ2) is 6.94. The summed E-state index contributed by atoms with van der Waals surface area (Å²) in [6.45, 7) is 2.81. The van der Waals surface area contributed by atoms with E-state index in [-0.39, 0.29) is 12.7 Å². The highest BCUT2D eigenvalue weighted by Gasteiger charge is 2.34. The SMILES string of the molecule is CC1CCC(O)(CN(C)C(=O)OCc2ccccc2)CC1. The van der Waals surface area contributed by atoms with Crippen LogP contribution in [0, 0.1) is 5.92 Å². The van der Waals surface area contributed by atoms with Gasteiger partial charge in [0.2, 0.25) is 0 Å². The summed E-state index contributed by atoms with van der Waals surface area (Å²) in [5.74, 6) is 0.667. The monoisotopic (exact) mass is 291 g/mol. The summed E-state index contributed by atoms with van der Waals surface area (Å²) in [6, 6.07) is 9.60. The number of hydrogen-bond acceptors (Lipinski definition) is 3. The first-order valence-corrected chi connectivity index (χ1v) is 7.63. The molecule has 1 N–H and O–H groups in total. The highest BCUT2D eigenvalue weighted by molar-refractivity contribution is 5.67. The van der Waals surface area contributed by atoms with E-state index >= 15 is 0 Å². The van der Waals surface area contributed by atoms with E-state index in [1.54, 1.807) is 7.05 Å². The zero-order valence-electron chi connectivity index (χ0n) is 12.9. The first-order valence-electron chi connectivity index (χ1n) is 7.63. The molecule has 0 aliphatic heterocycles. The van der Waals surface area contributed by atoms with Crippen molar-refractivity contribution in [1.82, 2.24) is 4.90 Å². The lowest BCUT2D eigenvalue weighted by atomic mass is 9.79. The summed E-state index contributed by atoms with van der Waals surface area (Å²) in [7, 11) is 1.68. The molecule has 0 aromatic heterocycles. The summed E-state index contributed by atoms with van der Waals surface area (Å²) < 4.78 is 5.27. The third kappa shape index (κ3) is 4.74. The highest BCUT2D eigenvalue weighted by Crippen LogP contribution is 2.32. The average Bonchev–Trinajstić information content (AvgIpc) is 2.49. The Bertz CT molecular complexity index is 452. The van der Waals surface area contributed by atoms with Crippen molar-refractivity contribution in [2.75, 3.05) is 13.6 Å². The summed E-state index contributed by atoms with van der Waals surface area (Å²) >= 11 is 0. The number of carbonyl (C=O) groups is 1. The van der Waals surface area contributed by atoms with Crippen molar-refractivity contribution in [2.24, 2.45) is 5.92 Å². The van der Waals surface area contributed by atoms with Gasteiger partial charge in [-0.1, -0.05) is 37.3 Å². The van der Waals surface area contributed by atoms with Crippen molar-refractivity contribution < 1.29 is 14.6 Å². The lowest BCUT2D eigenvalue weighted by Gasteiger charge is -2.37. The smallest absolute Gasteiger partial charge is 0.409 e. The van der Waals surface area contributed by atoms with Gasteiger partial charge in [-0.05, 0) is 37.2 Å². The average molecular weight is 291 g/mol. The molecule has 0 bridgehead atoms. The number of hydrogen-bond donors (Lipinski definition) is 1. The lowest BCUT2D eigenvalue weighted by Crippen LogP contribution is -2.46. The molecule has 0 saturated heterocycles. The van der Waals surface area contributed by atoms with Gasteiger partial charge in [-0.3, -0.25) is 0 Å². The Morgan fingerprint density at radius 3 is 2.57 bits per heavy atom. The minimum absolute atomic E-state index is 0.263. The lowest BCUT2D eigenvalue weighted by molar-refractivity contribution is -0.0300. The Morgan fingerprint density at radius 2 is 1.95 bits per heavy atom. The first kappa shape index (κ1) is 15.8. The molecule has 0 unspecified atom stereocenters. The zero-order chi connectivity index (χ0) is 15.3. The van der Waals surface area contributed by atoms with Crippen LogP contribution in [0.1, 0.15) is 38.2 Å². The maximum atomic E-state index is 12.0. The number of carbonyl (C=O) groups excluding carboxylic acids is 1. The highest BCUT2D eigenvalue weighted by atomic mass is 16.6. The van der Waals surface area contributed by atoms with Gasteiger partial charge < -0.3 is 14.7 Å². The molecule has 1 aromatic carbocycles. The molecule has 1 aliphatic rings. The van der Waals surface area contributed by atoms with E-state index in [1.165, 1.54) is 4.90 Å². The summed E-state index contributed by atoms with van der Waals surface area (Å²) in [5.41, 5.74) is 0.206. The minimum Gasteiger partial charge on any atom is -0.445 e. The molecular formula is C17H25NO3. The van der Waals surface area contributed by atoms with Crippen LogP contribution in [0.2, 0.25) is 0 Å². The van der Waals surface area contributed by atoms with Crippen LogP contribution in [0.5, 0.6) is 0 Å². The summed E-state index contributed by atoms with van der Waals surface area (Å²) in [4.78, 5) is 13.5. The Kier molecular flexibility index (Phi) is 5.23. The number of amides is 1. The van der Waals surface area contributed by atoms with E-state index in [0.29, 0.717) is 12.5 Å². The van der Waals surface area contributed by atoms with E-state index in [0.717, 1.165) is 31.2 Å². The van der Waals surface area contributed by atoms with Crippen LogP contribution in [-0.4, -0.2) is 35.3 Å². The molecule has 1 aromatic rings. The minimum atomic E-state index is -0.757. The molecule has 1 saturated carbocycles. The molecule has 0 spiro atoms. The van der Waals surface area contributed by atoms with Crippen LogP contribution in [0.3, 0.4) is 0 Å². The van der Waals surface area contributed by atoms with Crippen LogP contribution in [0.15, 0.2) is 30.3 Å². The van der Waals surface area contributed by atoms with Gasteiger partial charge >= 0.3 is 6.09 Å². The normalized spacial score (nSPS) is 25.4. The van der Waals surface area contributed by atoms with Gasteiger partial charge in [0.1, 0.15) is 6.61 Å². The number of aliphatic hydroxyl groups is 1. The summed E-state index contributed by atoms with van der Waals surface area (Å²) in [5, 5.41) is 10.5. The van der Waals surface area contributed by atoms with Crippen molar-refractivity contribution in [1.29, 1.82) is 0 Å². The van der Waals surface area contributed by atoms with Crippen LogP contribution >= 0.6 is 0 Å². The largest absolute Gasteiger partial charge is 0.445 e. The number of nitrogens with zero attached hydrogens (tertiary/aromatic N) is 1. The van der Waals surface area contributed by atoms with E-state index in [9.17, 15) is 9.90 Å². The third-order valence-electron chi connectivity index (χ3n) is 4.25. The molecule has 0 radical (unpaired) electrons. The van der Waals surface area contributed by atoms with Gasteiger partial charge in [-0.25, -0.2) is 4.79 Å². The molecule has 0 heterocycles.